The van der Waals surface area contributed by atoms with Crippen molar-refractivity contribution in [3.63, 3.8) is 0 Å². The van der Waals surface area contributed by atoms with Gasteiger partial charge >= 0.3 is 17.8 Å². The van der Waals surface area contributed by atoms with Gasteiger partial charge in [0.2, 0.25) is 0 Å². The Hall–Kier alpha value is -4.05. The van der Waals surface area contributed by atoms with Crippen LogP contribution in [-0.2, 0) is 9.59 Å². The van der Waals surface area contributed by atoms with Crippen LogP contribution in [0.4, 0.5) is 10.1 Å². The molecule has 0 aliphatic carbocycles. The quantitative estimate of drug-likeness (QED) is 0.163. The van der Waals surface area contributed by atoms with E-state index in [0.717, 1.165) is 6.07 Å². The number of amides is 2. The average molecular weight is 528 g/mol. The Labute approximate surface area is 202 Å². The van der Waals surface area contributed by atoms with Crippen LogP contribution in [0, 0.1) is 5.82 Å². The molecule has 34 heavy (non-hydrogen) atoms. The van der Waals surface area contributed by atoms with E-state index in [1.54, 1.807) is 55.5 Å². The average Bonchev–Trinajstić information content (AvgIpc) is 2.84. The first kappa shape index (κ1) is 24.6. The van der Waals surface area contributed by atoms with Gasteiger partial charge in [-0.15, -0.1) is 0 Å². The Balaban J connectivity index is 1.59. The predicted octanol–water partition coefficient (Wildman–Crippen LogP) is 4.29. The van der Waals surface area contributed by atoms with Crippen molar-refractivity contribution in [2.75, 3.05) is 12.4 Å². The molecule has 0 aliphatic rings. The summed E-state index contributed by atoms with van der Waals surface area (Å²) in [6.45, 7) is 1.61. The third-order valence-corrected chi connectivity index (χ3v) is 5.01. The van der Waals surface area contributed by atoms with Gasteiger partial charge in [0.1, 0.15) is 22.9 Å². The Kier molecular flexibility index (Phi) is 8.10. The van der Waals surface area contributed by atoms with E-state index in [0.29, 0.717) is 27.2 Å². The van der Waals surface area contributed by atoms with Crippen molar-refractivity contribution in [3.8, 4) is 11.5 Å². The van der Waals surface area contributed by atoms with Crippen LogP contribution in [0.2, 0.25) is 0 Å². The number of esters is 1. The van der Waals surface area contributed by atoms with Crippen molar-refractivity contribution >= 4 is 45.1 Å². The summed E-state index contributed by atoms with van der Waals surface area (Å²) in [5.41, 5.74) is 3.27. The molecule has 0 heterocycles. The molecule has 0 unspecified atom stereocenters. The summed E-state index contributed by atoms with van der Waals surface area (Å²) < 4.78 is 24.8. The van der Waals surface area contributed by atoms with Crippen LogP contribution in [-0.4, -0.2) is 30.6 Å². The van der Waals surface area contributed by atoms with Gasteiger partial charge in [-0.2, -0.15) is 5.10 Å². The van der Waals surface area contributed by atoms with Gasteiger partial charge in [-0.25, -0.2) is 14.6 Å². The summed E-state index contributed by atoms with van der Waals surface area (Å²) in [6.07, 6.45) is 0. The monoisotopic (exact) mass is 527 g/mol. The van der Waals surface area contributed by atoms with Crippen molar-refractivity contribution < 1.29 is 28.2 Å². The lowest BCUT2D eigenvalue weighted by Crippen LogP contribution is -2.33. The van der Waals surface area contributed by atoms with Crippen molar-refractivity contribution in [3.05, 3.63) is 88.1 Å². The zero-order valence-corrected chi connectivity index (χ0v) is 19.7. The van der Waals surface area contributed by atoms with E-state index in [9.17, 15) is 18.8 Å². The minimum Gasteiger partial charge on any atom is -0.496 e. The van der Waals surface area contributed by atoms with Crippen LogP contribution in [0.1, 0.15) is 22.8 Å². The van der Waals surface area contributed by atoms with E-state index in [1.807, 2.05) is 0 Å². The van der Waals surface area contributed by atoms with Gasteiger partial charge in [0.15, 0.2) is 0 Å². The molecule has 0 bridgehead atoms. The largest absolute Gasteiger partial charge is 0.496 e. The number of anilines is 1. The van der Waals surface area contributed by atoms with Crippen molar-refractivity contribution in [1.82, 2.24) is 5.43 Å². The predicted molar refractivity (Wildman–Crippen MR) is 127 cm³/mol. The third-order valence-electron chi connectivity index (χ3n) is 4.52. The molecule has 10 heteroatoms. The maximum absolute atomic E-state index is 13.8. The van der Waals surface area contributed by atoms with Crippen LogP contribution in [0.25, 0.3) is 0 Å². The van der Waals surface area contributed by atoms with E-state index < -0.39 is 23.6 Å². The number of hydrogen-bond acceptors (Lipinski definition) is 6. The topological polar surface area (TPSA) is 106 Å². The second kappa shape index (κ2) is 11.2. The number of nitrogens with one attached hydrogen (secondary N) is 2. The smallest absolute Gasteiger partial charge is 0.347 e. The van der Waals surface area contributed by atoms with E-state index in [4.69, 9.17) is 9.47 Å². The molecule has 2 amide bonds. The van der Waals surface area contributed by atoms with E-state index in [2.05, 4.69) is 31.8 Å². The summed E-state index contributed by atoms with van der Waals surface area (Å²) in [5.74, 6) is -2.71. The molecule has 3 rings (SSSR count). The fourth-order valence-electron chi connectivity index (χ4n) is 2.76. The second-order valence-corrected chi connectivity index (χ2v) is 7.75. The Morgan fingerprint density at radius 2 is 1.68 bits per heavy atom. The second-order valence-electron chi connectivity index (χ2n) is 6.83. The highest BCUT2D eigenvalue weighted by Gasteiger charge is 2.16. The molecular formula is C24H19BrFN3O5. The molecule has 0 saturated heterocycles. The number of carbonyl (C=O) groups excluding carboxylic acids is 3. The highest BCUT2D eigenvalue weighted by atomic mass is 79.9. The fraction of sp³-hybridized carbons (Fsp3) is 0.0833. The van der Waals surface area contributed by atoms with Crippen LogP contribution in [0.5, 0.6) is 11.5 Å². The normalized spacial score (nSPS) is 10.9. The first-order valence-electron chi connectivity index (χ1n) is 9.84. The minimum absolute atomic E-state index is 0.137. The van der Waals surface area contributed by atoms with E-state index in [1.165, 1.54) is 19.2 Å². The number of hydrazone groups is 1. The molecule has 0 aliphatic heterocycles. The third kappa shape index (κ3) is 6.26. The fourth-order valence-corrected chi connectivity index (χ4v) is 3.09. The molecule has 0 spiro atoms. The summed E-state index contributed by atoms with van der Waals surface area (Å²) in [6, 6.07) is 17.1. The maximum Gasteiger partial charge on any atom is 0.347 e. The van der Waals surface area contributed by atoms with Gasteiger partial charge in [0.25, 0.3) is 0 Å². The number of nitrogens with zero attached hydrogens (tertiary/aromatic N) is 1. The number of rotatable bonds is 6. The molecule has 174 valence electrons. The molecule has 3 aromatic carbocycles. The Morgan fingerprint density at radius 1 is 0.971 bits per heavy atom. The van der Waals surface area contributed by atoms with Crippen molar-refractivity contribution in [2.45, 2.75) is 6.92 Å². The highest BCUT2D eigenvalue weighted by molar-refractivity contribution is 9.10. The maximum atomic E-state index is 13.8. The summed E-state index contributed by atoms with van der Waals surface area (Å²) in [7, 11) is 1.46. The minimum atomic E-state index is -1.07. The molecular weight excluding hydrogens is 509 g/mol. The molecule has 3 aromatic rings. The zero-order chi connectivity index (χ0) is 24.7. The molecule has 2 N–H and O–H groups in total. The lowest BCUT2D eigenvalue weighted by molar-refractivity contribution is -0.136. The first-order chi connectivity index (χ1) is 16.3. The number of para-hydroxylation sites is 1. The molecule has 0 fully saturated rings. The van der Waals surface area contributed by atoms with Crippen molar-refractivity contribution in [2.24, 2.45) is 5.10 Å². The number of ether oxygens (including phenoxy) is 2. The number of halogens is 2. The van der Waals surface area contributed by atoms with Gasteiger partial charge in [-0.3, -0.25) is 9.59 Å². The van der Waals surface area contributed by atoms with Crippen LogP contribution < -0.4 is 20.2 Å². The van der Waals surface area contributed by atoms with Gasteiger partial charge in [-0.1, -0.05) is 28.1 Å². The van der Waals surface area contributed by atoms with Gasteiger partial charge < -0.3 is 14.8 Å². The molecule has 0 aromatic heterocycles. The first-order valence-corrected chi connectivity index (χ1v) is 10.6. The molecule has 8 nitrogen and oxygen atoms in total. The molecule has 0 saturated carbocycles. The van der Waals surface area contributed by atoms with Crippen LogP contribution in [0.15, 0.2) is 76.3 Å². The van der Waals surface area contributed by atoms with Gasteiger partial charge in [0.05, 0.1) is 18.5 Å². The van der Waals surface area contributed by atoms with Crippen LogP contribution >= 0.6 is 15.9 Å². The lowest BCUT2D eigenvalue weighted by atomic mass is 10.1. The molecule has 0 atom stereocenters. The Morgan fingerprint density at radius 3 is 2.35 bits per heavy atom. The standard InChI is InChI=1S/C24H19BrFN3O5/c1-14(28-29-23(31)22(30)27-20-12-9-16(25)13-19(20)26)15-7-10-17(11-8-15)34-24(32)18-5-3-4-6-21(18)33-2/h3-13H,1-2H3,(H,27,30)(H,29,31)/b28-14+. The number of carbonyl (C=O) groups is 3. The van der Waals surface area contributed by atoms with Crippen molar-refractivity contribution in [1.29, 1.82) is 0 Å². The summed E-state index contributed by atoms with van der Waals surface area (Å²) in [4.78, 5) is 36.4. The van der Waals surface area contributed by atoms with E-state index >= 15 is 0 Å². The number of hydrogen-bond donors (Lipinski definition) is 2. The molecule has 0 radical (unpaired) electrons. The summed E-state index contributed by atoms with van der Waals surface area (Å²) >= 11 is 3.11. The Bertz CT molecular complexity index is 1260. The highest BCUT2D eigenvalue weighted by Crippen LogP contribution is 2.21. The van der Waals surface area contributed by atoms with Crippen LogP contribution in [0.3, 0.4) is 0 Å². The summed E-state index contributed by atoms with van der Waals surface area (Å²) in [5, 5.41) is 6.06. The SMILES string of the molecule is COc1ccccc1C(=O)Oc1ccc(/C(C)=N/NC(=O)C(=O)Nc2ccc(Br)cc2F)cc1. The van der Waals surface area contributed by atoms with E-state index in [-0.39, 0.29) is 11.3 Å². The van der Waals surface area contributed by atoms with Gasteiger partial charge in [0, 0.05) is 4.47 Å². The lowest BCUT2D eigenvalue weighted by Gasteiger charge is -2.09. The number of benzene rings is 3. The van der Waals surface area contributed by atoms with Gasteiger partial charge in [-0.05, 0) is 67.1 Å². The zero-order valence-electron chi connectivity index (χ0n) is 18.1. The number of methoxy groups -OCH3 is 1.